The Morgan fingerprint density at radius 1 is 0.933 bits per heavy atom. The molecular formula is C14H31N. The van der Waals surface area contributed by atoms with Crippen LogP contribution in [0.2, 0.25) is 0 Å². The molecule has 0 aliphatic rings. The highest BCUT2D eigenvalue weighted by atomic mass is 14.9. The number of nitrogens with one attached hydrogen (secondary N) is 1. The highest BCUT2D eigenvalue weighted by Gasteiger charge is 2.13. The molecule has 0 saturated carbocycles. The first-order valence-electron chi connectivity index (χ1n) is 6.74. The van der Waals surface area contributed by atoms with Crippen LogP contribution in [0.25, 0.3) is 0 Å². The van der Waals surface area contributed by atoms with E-state index in [0.29, 0.717) is 0 Å². The summed E-state index contributed by atoms with van der Waals surface area (Å²) in [6, 6.07) is 0. The highest BCUT2D eigenvalue weighted by molar-refractivity contribution is 4.73. The fraction of sp³-hybridized carbons (Fsp3) is 1.00. The van der Waals surface area contributed by atoms with E-state index in [0.717, 1.165) is 5.92 Å². The topological polar surface area (TPSA) is 12.0 Å². The fourth-order valence-electron chi connectivity index (χ4n) is 1.89. The monoisotopic (exact) mass is 213 g/mol. The van der Waals surface area contributed by atoms with Gasteiger partial charge in [0, 0.05) is 5.54 Å². The van der Waals surface area contributed by atoms with Crippen LogP contribution in [-0.2, 0) is 0 Å². The van der Waals surface area contributed by atoms with Crippen molar-refractivity contribution in [2.75, 3.05) is 6.54 Å². The minimum Gasteiger partial charge on any atom is -0.312 e. The Morgan fingerprint density at radius 3 is 2.07 bits per heavy atom. The molecule has 0 aromatic rings. The Labute approximate surface area is 97.0 Å². The van der Waals surface area contributed by atoms with Crippen LogP contribution in [0.3, 0.4) is 0 Å². The molecule has 0 aliphatic heterocycles. The van der Waals surface area contributed by atoms with E-state index < -0.39 is 0 Å². The maximum absolute atomic E-state index is 3.63. The van der Waals surface area contributed by atoms with E-state index >= 15 is 0 Å². The molecule has 0 amide bonds. The molecule has 0 saturated heterocycles. The first-order valence-corrected chi connectivity index (χ1v) is 6.74. The standard InChI is InChI=1S/C14H31N/c1-6-8-9-11-13(10-7-2)12-15-14(3,4)5/h13,15H,6-12H2,1-5H3. The molecule has 0 heterocycles. The molecular weight excluding hydrogens is 182 g/mol. The van der Waals surface area contributed by atoms with Gasteiger partial charge >= 0.3 is 0 Å². The average Bonchev–Trinajstić information content (AvgIpc) is 2.13. The molecule has 92 valence electrons. The van der Waals surface area contributed by atoms with Crippen molar-refractivity contribution < 1.29 is 0 Å². The molecule has 0 aliphatic carbocycles. The number of hydrogen-bond donors (Lipinski definition) is 1. The van der Waals surface area contributed by atoms with E-state index in [1.54, 1.807) is 0 Å². The lowest BCUT2D eigenvalue weighted by Gasteiger charge is -2.25. The van der Waals surface area contributed by atoms with Crippen molar-refractivity contribution in [2.24, 2.45) is 5.92 Å². The van der Waals surface area contributed by atoms with Gasteiger partial charge in [-0.1, -0.05) is 39.5 Å². The Kier molecular flexibility index (Phi) is 8.13. The second-order valence-electron chi connectivity index (χ2n) is 5.78. The van der Waals surface area contributed by atoms with Crippen LogP contribution in [0.4, 0.5) is 0 Å². The molecule has 15 heavy (non-hydrogen) atoms. The van der Waals surface area contributed by atoms with Crippen LogP contribution in [0.1, 0.15) is 73.1 Å². The summed E-state index contributed by atoms with van der Waals surface area (Å²) in [5.41, 5.74) is 0.275. The van der Waals surface area contributed by atoms with Gasteiger partial charge in [-0.2, -0.15) is 0 Å². The van der Waals surface area contributed by atoms with Gasteiger partial charge in [-0.15, -0.1) is 0 Å². The third-order valence-electron chi connectivity index (χ3n) is 2.83. The van der Waals surface area contributed by atoms with Gasteiger partial charge in [0.1, 0.15) is 0 Å². The molecule has 1 N–H and O–H groups in total. The minimum absolute atomic E-state index is 0.275. The van der Waals surface area contributed by atoms with Crippen LogP contribution < -0.4 is 5.32 Å². The number of unbranched alkanes of at least 4 members (excludes halogenated alkanes) is 2. The summed E-state index contributed by atoms with van der Waals surface area (Å²) >= 11 is 0. The van der Waals surface area contributed by atoms with Gasteiger partial charge in [0.25, 0.3) is 0 Å². The van der Waals surface area contributed by atoms with E-state index in [1.165, 1.54) is 45.1 Å². The molecule has 0 bridgehead atoms. The van der Waals surface area contributed by atoms with Crippen LogP contribution in [0.15, 0.2) is 0 Å². The Bertz CT molecular complexity index is 135. The summed E-state index contributed by atoms with van der Waals surface area (Å²) in [4.78, 5) is 0. The summed E-state index contributed by atoms with van der Waals surface area (Å²) < 4.78 is 0. The average molecular weight is 213 g/mol. The van der Waals surface area contributed by atoms with Gasteiger partial charge in [0.15, 0.2) is 0 Å². The van der Waals surface area contributed by atoms with Crippen molar-refractivity contribution in [1.29, 1.82) is 0 Å². The molecule has 0 fully saturated rings. The lowest BCUT2D eigenvalue weighted by Crippen LogP contribution is -2.39. The first kappa shape index (κ1) is 15.0. The summed E-state index contributed by atoms with van der Waals surface area (Å²) in [5, 5.41) is 3.63. The molecule has 1 heteroatoms. The molecule has 0 radical (unpaired) electrons. The van der Waals surface area contributed by atoms with E-state index in [4.69, 9.17) is 0 Å². The van der Waals surface area contributed by atoms with E-state index in [1.807, 2.05) is 0 Å². The Morgan fingerprint density at radius 2 is 1.60 bits per heavy atom. The van der Waals surface area contributed by atoms with E-state index in [2.05, 4.69) is 39.9 Å². The zero-order valence-electron chi connectivity index (χ0n) is 11.5. The highest BCUT2D eigenvalue weighted by Crippen LogP contribution is 2.16. The van der Waals surface area contributed by atoms with Gasteiger partial charge < -0.3 is 5.32 Å². The van der Waals surface area contributed by atoms with Crippen molar-refractivity contribution in [3.8, 4) is 0 Å². The largest absolute Gasteiger partial charge is 0.312 e. The lowest BCUT2D eigenvalue weighted by atomic mass is 9.95. The Hall–Kier alpha value is -0.0400. The molecule has 0 aromatic heterocycles. The SMILES string of the molecule is CCCCCC(CCC)CNC(C)(C)C. The smallest absolute Gasteiger partial charge is 0.00966 e. The maximum atomic E-state index is 3.63. The molecule has 1 nitrogen and oxygen atoms in total. The second-order valence-corrected chi connectivity index (χ2v) is 5.78. The van der Waals surface area contributed by atoms with Crippen LogP contribution in [0, 0.1) is 5.92 Å². The zero-order chi connectivity index (χ0) is 11.7. The molecule has 0 spiro atoms. The van der Waals surface area contributed by atoms with E-state index in [9.17, 15) is 0 Å². The summed E-state index contributed by atoms with van der Waals surface area (Å²) in [6.07, 6.45) is 8.26. The zero-order valence-corrected chi connectivity index (χ0v) is 11.5. The van der Waals surface area contributed by atoms with Crippen LogP contribution in [-0.4, -0.2) is 12.1 Å². The maximum Gasteiger partial charge on any atom is 0.00966 e. The predicted octanol–water partition coefficient (Wildman–Crippen LogP) is 4.37. The summed E-state index contributed by atoms with van der Waals surface area (Å²) in [7, 11) is 0. The molecule has 1 atom stereocenters. The quantitative estimate of drug-likeness (QED) is 0.590. The van der Waals surface area contributed by atoms with Gasteiger partial charge in [-0.3, -0.25) is 0 Å². The minimum atomic E-state index is 0.275. The summed E-state index contributed by atoms with van der Waals surface area (Å²) in [6.45, 7) is 12.5. The van der Waals surface area contributed by atoms with Crippen LogP contribution in [0.5, 0.6) is 0 Å². The molecule has 0 aromatic carbocycles. The fourth-order valence-corrected chi connectivity index (χ4v) is 1.89. The van der Waals surface area contributed by atoms with E-state index in [-0.39, 0.29) is 5.54 Å². The van der Waals surface area contributed by atoms with Crippen molar-refractivity contribution in [3.05, 3.63) is 0 Å². The Balaban J connectivity index is 3.72. The third-order valence-corrected chi connectivity index (χ3v) is 2.83. The summed E-state index contributed by atoms with van der Waals surface area (Å²) in [5.74, 6) is 0.890. The number of hydrogen-bond acceptors (Lipinski definition) is 1. The van der Waals surface area contributed by atoms with Crippen molar-refractivity contribution in [1.82, 2.24) is 5.32 Å². The molecule has 0 rings (SSSR count). The first-order chi connectivity index (χ1) is 6.99. The normalized spacial score (nSPS) is 14.2. The number of rotatable bonds is 8. The van der Waals surface area contributed by atoms with Gasteiger partial charge in [-0.05, 0) is 46.1 Å². The molecule has 1 unspecified atom stereocenters. The van der Waals surface area contributed by atoms with Gasteiger partial charge in [-0.25, -0.2) is 0 Å². The van der Waals surface area contributed by atoms with Crippen molar-refractivity contribution >= 4 is 0 Å². The predicted molar refractivity (Wildman–Crippen MR) is 70.3 cm³/mol. The second kappa shape index (κ2) is 8.15. The van der Waals surface area contributed by atoms with Gasteiger partial charge in [0.2, 0.25) is 0 Å². The third kappa shape index (κ3) is 10.2. The van der Waals surface area contributed by atoms with Gasteiger partial charge in [0.05, 0.1) is 0 Å². The van der Waals surface area contributed by atoms with Crippen molar-refractivity contribution in [2.45, 2.75) is 78.7 Å². The van der Waals surface area contributed by atoms with Crippen LogP contribution >= 0.6 is 0 Å². The van der Waals surface area contributed by atoms with Crippen molar-refractivity contribution in [3.63, 3.8) is 0 Å². The lowest BCUT2D eigenvalue weighted by molar-refractivity contribution is 0.336.